The largest absolute Gasteiger partial charge is 0.302 e. The fraction of sp³-hybridized carbons (Fsp3) is 0.300. The second-order valence-electron chi connectivity index (χ2n) is 3.38. The molecule has 1 aromatic rings. The summed E-state index contributed by atoms with van der Waals surface area (Å²) in [5.74, 6) is 0.846. The minimum Gasteiger partial charge on any atom is -0.302 e. The molecule has 0 spiro atoms. The molecule has 0 atom stereocenters. The number of amides is 1. The standard InChI is InChI=1S/C10H9NOS/c12-10-11-5-4-7-2-1-3-8(6-13-10)9(7)11/h1-3H,4-6H2. The molecule has 0 radical (unpaired) electrons. The molecule has 0 unspecified atom stereocenters. The molecule has 1 amide bonds. The minimum atomic E-state index is 0.220. The lowest BCUT2D eigenvalue weighted by Crippen LogP contribution is -2.28. The van der Waals surface area contributed by atoms with E-state index in [0.717, 1.165) is 18.7 Å². The fourth-order valence-electron chi connectivity index (χ4n) is 2.05. The first kappa shape index (κ1) is 7.44. The van der Waals surface area contributed by atoms with Crippen LogP contribution in [0.1, 0.15) is 11.1 Å². The number of hydrogen-bond donors (Lipinski definition) is 0. The maximum absolute atomic E-state index is 11.5. The Morgan fingerprint density at radius 3 is 3.08 bits per heavy atom. The average Bonchev–Trinajstić information content (AvgIpc) is 2.57. The summed E-state index contributed by atoms with van der Waals surface area (Å²) in [5.41, 5.74) is 3.86. The predicted molar refractivity (Wildman–Crippen MR) is 54.2 cm³/mol. The Labute approximate surface area is 80.9 Å². The molecule has 2 aliphatic rings. The smallest absolute Gasteiger partial charge is 0.286 e. The van der Waals surface area contributed by atoms with Crippen molar-refractivity contribution in [3.63, 3.8) is 0 Å². The van der Waals surface area contributed by atoms with E-state index >= 15 is 0 Å². The summed E-state index contributed by atoms with van der Waals surface area (Å²) < 4.78 is 0. The third-order valence-electron chi connectivity index (χ3n) is 2.65. The van der Waals surface area contributed by atoms with Crippen LogP contribution < -0.4 is 4.90 Å². The second-order valence-corrected chi connectivity index (χ2v) is 4.31. The lowest BCUT2D eigenvalue weighted by molar-refractivity contribution is 0.265. The Balaban J connectivity index is 2.24. The Morgan fingerprint density at radius 1 is 1.31 bits per heavy atom. The molecule has 0 N–H and O–H groups in total. The van der Waals surface area contributed by atoms with Gasteiger partial charge in [-0.15, -0.1) is 0 Å². The van der Waals surface area contributed by atoms with Crippen LogP contribution in [0, 0.1) is 0 Å². The van der Waals surface area contributed by atoms with E-state index in [-0.39, 0.29) is 5.24 Å². The van der Waals surface area contributed by atoms with E-state index in [9.17, 15) is 4.79 Å². The van der Waals surface area contributed by atoms with Gasteiger partial charge in [0, 0.05) is 12.3 Å². The highest BCUT2D eigenvalue weighted by Gasteiger charge is 2.30. The monoisotopic (exact) mass is 191 g/mol. The van der Waals surface area contributed by atoms with Crippen LogP contribution in [0.4, 0.5) is 10.5 Å². The molecular formula is C10H9NOS. The van der Waals surface area contributed by atoms with Crippen molar-refractivity contribution in [3.05, 3.63) is 29.3 Å². The van der Waals surface area contributed by atoms with Crippen LogP contribution >= 0.6 is 11.8 Å². The highest BCUT2D eigenvalue weighted by atomic mass is 32.2. The summed E-state index contributed by atoms with van der Waals surface area (Å²) in [6.45, 7) is 0.873. The number of anilines is 1. The molecule has 2 aliphatic heterocycles. The number of para-hydroxylation sites is 1. The van der Waals surface area contributed by atoms with Gasteiger partial charge in [-0.1, -0.05) is 30.0 Å². The third kappa shape index (κ3) is 0.936. The normalized spacial score (nSPS) is 19.1. The number of carbonyl (C=O) groups excluding carboxylic acids is 1. The Bertz CT molecular complexity index is 389. The van der Waals surface area contributed by atoms with E-state index in [2.05, 4.69) is 18.2 Å². The van der Waals surface area contributed by atoms with Gasteiger partial charge in [0.25, 0.3) is 5.24 Å². The summed E-state index contributed by atoms with van der Waals surface area (Å²) in [7, 11) is 0. The fourth-order valence-corrected chi connectivity index (χ4v) is 2.90. The van der Waals surface area contributed by atoms with E-state index < -0.39 is 0 Å². The van der Waals surface area contributed by atoms with Gasteiger partial charge in [0.1, 0.15) is 0 Å². The Morgan fingerprint density at radius 2 is 2.15 bits per heavy atom. The first-order chi connectivity index (χ1) is 6.36. The van der Waals surface area contributed by atoms with Crippen molar-refractivity contribution >= 4 is 22.7 Å². The minimum absolute atomic E-state index is 0.220. The molecule has 0 saturated heterocycles. The Hall–Kier alpha value is -0.960. The predicted octanol–water partition coefficient (Wildman–Crippen LogP) is 2.42. The van der Waals surface area contributed by atoms with Crippen LogP contribution in [0.5, 0.6) is 0 Å². The lowest BCUT2D eigenvalue weighted by atomic mass is 10.1. The third-order valence-corrected chi connectivity index (χ3v) is 3.57. The van der Waals surface area contributed by atoms with Gasteiger partial charge in [0.05, 0.1) is 5.69 Å². The number of nitrogens with zero attached hydrogens (tertiary/aromatic N) is 1. The number of thioether (sulfide) groups is 1. The van der Waals surface area contributed by atoms with Gasteiger partial charge in [0.15, 0.2) is 0 Å². The molecule has 0 aromatic heterocycles. The molecule has 0 bridgehead atoms. The van der Waals surface area contributed by atoms with Gasteiger partial charge in [-0.25, -0.2) is 0 Å². The first-order valence-electron chi connectivity index (χ1n) is 4.41. The summed E-state index contributed by atoms with van der Waals surface area (Å²) in [4.78, 5) is 13.4. The van der Waals surface area contributed by atoms with Crippen LogP contribution in [-0.4, -0.2) is 11.8 Å². The lowest BCUT2D eigenvalue weighted by Gasteiger charge is -2.24. The molecule has 2 nitrogen and oxygen atoms in total. The Kier molecular flexibility index (Phi) is 1.44. The number of rotatable bonds is 0. The molecule has 0 aliphatic carbocycles. The van der Waals surface area contributed by atoms with Gasteiger partial charge in [-0.2, -0.15) is 0 Å². The van der Waals surface area contributed by atoms with Gasteiger partial charge >= 0.3 is 0 Å². The van der Waals surface area contributed by atoms with Crippen LogP contribution in [-0.2, 0) is 12.2 Å². The van der Waals surface area contributed by atoms with Crippen LogP contribution in [0.25, 0.3) is 0 Å². The van der Waals surface area contributed by atoms with Crippen molar-refractivity contribution in [2.45, 2.75) is 12.2 Å². The van der Waals surface area contributed by atoms with Gasteiger partial charge in [-0.3, -0.25) is 4.79 Å². The van der Waals surface area contributed by atoms with Gasteiger partial charge in [-0.05, 0) is 17.5 Å². The molecule has 66 valence electrons. The molecule has 3 heteroatoms. The van der Waals surface area contributed by atoms with Crippen LogP contribution in [0.3, 0.4) is 0 Å². The highest BCUT2D eigenvalue weighted by molar-refractivity contribution is 8.13. The van der Waals surface area contributed by atoms with E-state index in [0.29, 0.717) is 0 Å². The van der Waals surface area contributed by atoms with Crippen molar-refractivity contribution < 1.29 is 4.79 Å². The van der Waals surface area contributed by atoms with Crippen LogP contribution in [0.2, 0.25) is 0 Å². The zero-order valence-electron chi connectivity index (χ0n) is 7.12. The van der Waals surface area contributed by atoms with Crippen molar-refractivity contribution in [1.82, 2.24) is 0 Å². The van der Waals surface area contributed by atoms with Crippen molar-refractivity contribution in [2.75, 3.05) is 11.4 Å². The summed E-state index contributed by atoms with van der Waals surface area (Å²) in [6.07, 6.45) is 1.02. The number of benzene rings is 1. The highest BCUT2D eigenvalue weighted by Crippen LogP contribution is 2.39. The van der Waals surface area contributed by atoms with Crippen molar-refractivity contribution in [1.29, 1.82) is 0 Å². The summed E-state index contributed by atoms with van der Waals surface area (Å²) in [5, 5.41) is 0.220. The first-order valence-corrected chi connectivity index (χ1v) is 5.40. The topological polar surface area (TPSA) is 20.3 Å². The van der Waals surface area contributed by atoms with E-state index in [1.807, 2.05) is 4.90 Å². The zero-order valence-corrected chi connectivity index (χ0v) is 7.93. The number of hydrogen-bond acceptors (Lipinski definition) is 2. The summed E-state index contributed by atoms with van der Waals surface area (Å²) >= 11 is 1.41. The van der Waals surface area contributed by atoms with E-state index in [1.165, 1.54) is 28.6 Å². The molecule has 2 heterocycles. The van der Waals surface area contributed by atoms with E-state index in [1.54, 1.807) is 0 Å². The molecule has 0 saturated carbocycles. The SMILES string of the molecule is O=C1SCc2cccc3c2N1CC3. The van der Waals surface area contributed by atoms with E-state index in [4.69, 9.17) is 0 Å². The van der Waals surface area contributed by atoms with Crippen molar-refractivity contribution in [3.8, 4) is 0 Å². The molecule has 0 fully saturated rings. The average molecular weight is 191 g/mol. The summed E-state index contributed by atoms with van der Waals surface area (Å²) in [6, 6.07) is 6.34. The zero-order chi connectivity index (χ0) is 8.84. The van der Waals surface area contributed by atoms with Crippen molar-refractivity contribution in [2.24, 2.45) is 0 Å². The van der Waals surface area contributed by atoms with Gasteiger partial charge in [0.2, 0.25) is 0 Å². The molecule has 13 heavy (non-hydrogen) atoms. The second kappa shape index (κ2) is 2.51. The van der Waals surface area contributed by atoms with Crippen LogP contribution in [0.15, 0.2) is 18.2 Å². The quantitative estimate of drug-likeness (QED) is 0.627. The van der Waals surface area contributed by atoms with Gasteiger partial charge < -0.3 is 4.90 Å². The molecule has 1 aromatic carbocycles. The molecule has 3 rings (SSSR count). The number of carbonyl (C=O) groups is 1. The molecular weight excluding hydrogens is 182 g/mol. The maximum Gasteiger partial charge on any atom is 0.286 e. The maximum atomic E-state index is 11.5.